The van der Waals surface area contributed by atoms with Gasteiger partial charge in [-0.2, -0.15) is 5.10 Å². The van der Waals surface area contributed by atoms with Crippen LogP contribution >= 0.6 is 11.3 Å². The normalized spacial score (nSPS) is 17.6. The van der Waals surface area contributed by atoms with E-state index in [-0.39, 0.29) is 0 Å². The molecule has 1 aliphatic rings. The SMILES string of the molecule is Cn1ccc(CCNC(c2cccs2)C2CCCC2)n1. The summed E-state index contributed by atoms with van der Waals surface area (Å²) in [4.78, 5) is 1.50. The van der Waals surface area contributed by atoms with Crippen molar-refractivity contribution in [2.45, 2.75) is 38.1 Å². The Kier molecular flexibility index (Phi) is 4.53. The van der Waals surface area contributed by atoms with E-state index in [1.54, 1.807) is 0 Å². The van der Waals surface area contributed by atoms with Crippen LogP contribution in [0.2, 0.25) is 0 Å². The van der Waals surface area contributed by atoms with Gasteiger partial charge in [-0.25, -0.2) is 0 Å². The molecule has 2 heterocycles. The van der Waals surface area contributed by atoms with Gasteiger partial charge >= 0.3 is 0 Å². The Morgan fingerprint density at radius 3 is 2.90 bits per heavy atom. The smallest absolute Gasteiger partial charge is 0.0637 e. The zero-order chi connectivity index (χ0) is 13.8. The largest absolute Gasteiger partial charge is 0.309 e. The number of nitrogens with one attached hydrogen (secondary N) is 1. The first-order chi connectivity index (χ1) is 9.83. The molecule has 0 amide bonds. The Hall–Kier alpha value is -1.13. The van der Waals surface area contributed by atoms with E-state index >= 15 is 0 Å². The average Bonchev–Trinajstić information content (AvgIpc) is 3.18. The van der Waals surface area contributed by atoms with Gasteiger partial charge < -0.3 is 5.32 Å². The van der Waals surface area contributed by atoms with Crippen molar-refractivity contribution in [2.24, 2.45) is 13.0 Å². The van der Waals surface area contributed by atoms with Gasteiger partial charge in [0.05, 0.1) is 5.69 Å². The zero-order valence-corrected chi connectivity index (χ0v) is 12.9. The second-order valence-corrected chi connectivity index (χ2v) is 6.70. The minimum Gasteiger partial charge on any atom is -0.309 e. The summed E-state index contributed by atoms with van der Waals surface area (Å²) < 4.78 is 1.88. The lowest BCUT2D eigenvalue weighted by atomic mass is 9.96. The quantitative estimate of drug-likeness (QED) is 0.881. The Morgan fingerprint density at radius 2 is 2.25 bits per heavy atom. The molecule has 4 heteroatoms. The van der Waals surface area contributed by atoms with Gasteiger partial charge in [-0.1, -0.05) is 18.9 Å². The summed E-state index contributed by atoms with van der Waals surface area (Å²) >= 11 is 1.89. The Morgan fingerprint density at radius 1 is 1.40 bits per heavy atom. The maximum absolute atomic E-state index is 4.45. The van der Waals surface area contributed by atoms with Crippen LogP contribution in [0.5, 0.6) is 0 Å². The third-order valence-electron chi connectivity index (χ3n) is 4.24. The lowest BCUT2D eigenvalue weighted by Gasteiger charge is -2.23. The van der Waals surface area contributed by atoms with E-state index in [0.29, 0.717) is 6.04 Å². The molecule has 1 unspecified atom stereocenters. The molecule has 20 heavy (non-hydrogen) atoms. The Bertz CT molecular complexity index is 512. The second-order valence-electron chi connectivity index (χ2n) is 5.72. The molecule has 2 aromatic heterocycles. The van der Waals surface area contributed by atoms with Crippen molar-refractivity contribution in [3.8, 4) is 0 Å². The van der Waals surface area contributed by atoms with E-state index in [2.05, 4.69) is 34.0 Å². The first kappa shape index (κ1) is 13.8. The van der Waals surface area contributed by atoms with Gasteiger partial charge in [-0.3, -0.25) is 4.68 Å². The van der Waals surface area contributed by atoms with E-state index in [4.69, 9.17) is 0 Å². The summed E-state index contributed by atoms with van der Waals surface area (Å²) in [7, 11) is 1.98. The average molecular weight is 289 g/mol. The van der Waals surface area contributed by atoms with E-state index in [0.717, 1.165) is 18.9 Å². The van der Waals surface area contributed by atoms with E-state index < -0.39 is 0 Å². The Balaban J connectivity index is 1.58. The molecule has 1 N–H and O–H groups in total. The van der Waals surface area contributed by atoms with Crippen molar-refractivity contribution < 1.29 is 0 Å². The van der Waals surface area contributed by atoms with Crippen LogP contribution in [0.25, 0.3) is 0 Å². The predicted octanol–water partition coefficient (Wildman–Crippen LogP) is 3.55. The molecule has 2 aromatic rings. The summed E-state index contributed by atoms with van der Waals surface area (Å²) in [6.07, 6.45) is 8.57. The molecule has 3 nitrogen and oxygen atoms in total. The van der Waals surface area contributed by atoms with Crippen LogP contribution in [0.3, 0.4) is 0 Å². The maximum Gasteiger partial charge on any atom is 0.0637 e. The van der Waals surface area contributed by atoms with E-state index in [1.807, 2.05) is 29.3 Å². The molecule has 1 aliphatic carbocycles. The molecule has 0 radical (unpaired) electrons. The minimum absolute atomic E-state index is 0.543. The van der Waals surface area contributed by atoms with Crippen molar-refractivity contribution >= 4 is 11.3 Å². The fourth-order valence-electron chi connectivity index (χ4n) is 3.21. The van der Waals surface area contributed by atoms with Gasteiger partial charge in [-0.05, 0) is 36.3 Å². The second kappa shape index (κ2) is 6.55. The first-order valence-electron chi connectivity index (χ1n) is 7.58. The summed E-state index contributed by atoms with van der Waals surface area (Å²) in [5.74, 6) is 0.817. The molecule has 108 valence electrons. The van der Waals surface area contributed by atoms with Gasteiger partial charge in [0.2, 0.25) is 0 Å². The molecule has 0 aromatic carbocycles. The van der Waals surface area contributed by atoms with Gasteiger partial charge in [0, 0.05) is 37.1 Å². The number of aromatic nitrogens is 2. The Labute approximate surface area is 125 Å². The molecule has 3 rings (SSSR count). The molecule has 1 fully saturated rings. The van der Waals surface area contributed by atoms with Crippen LogP contribution < -0.4 is 5.32 Å². The van der Waals surface area contributed by atoms with Crippen molar-refractivity contribution in [1.29, 1.82) is 0 Å². The maximum atomic E-state index is 4.45. The first-order valence-corrected chi connectivity index (χ1v) is 8.46. The highest BCUT2D eigenvalue weighted by atomic mass is 32.1. The van der Waals surface area contributed by atoms with Crippen LogP contribution in [-0.4, -0.2) is 16.3 Å². The molecule has 1 saturated carbocycles. The highest BCUT2D eigenvalue weighted by Crippen LogP contribution is 2.37. The minimum atomic E-state index is 0.543. The van der Waals surface area contributed by atoms with Crippen LogP contribution in [0.4, 0.5) is 0 Å². The monoisotopic (exact) mass is 289 g/mol. The molecular formula is C16H23N3S. The van der Waals surface area contributed by atoms with Gasteiger partial charge in [0.15, 0.2) is 0 Å². The van der Waals surface area contributed by atoms with Crippen LogP contribution in [0.15, 0.2) is 29.8 Å². The molecule has 0 bridgehead atoms. The summed E-state index contributed by atoms with van der Waals surface area (Å²) in [5, 5.41) is 10.4. The third-order valence-corrected chi connectivity index (χ3v) is 5.19. The van der Waals surface area contributed by atoms with Crippen LogP contribution in [0.1, 0.15) is 42.3 Å². The number of thiophene rings is 1. The lowest BCUT2D eigenvalue weighted by Crippen LogP contribution is -2.28. The standard InChI is InChI=1S/C16H23N3S/c1-19-11-9-14(18-19)8-10-17-16(13-5-2-3-6-13)15-7-4-12-20-15/h4,7,9,11-13,16-17H,2-3,5-6,8,10H2,1H3. The predicted molar refractivity (Wildman–Crippen MR) is 83.9 cm³/mol. The zero-order valence-electron chi connectivity index (χ0n) is 12.1. The fraction of sp³-hybridized carbons (Fsp3) is 0.562. The lowest BCUT2D eigenvalue weighted by molar-refractivity contribution is 0.374. The highest BCUT2D eigenvalue weighted by molar-refractivity contribution is 7.10. The van der Waals surface area contributed by atoms with Crippen molar-refractivity contribution in [3.63, 3.8) is 0 Å². The number of hydrogen-bond acceptors (Lipinski definition) is 3. The number of aryl methyl sites for hydroxylation is 1. The van der Waals surface area contributed by atoms with Crippen LogP contribution in [0, 0.1) is 5.92 Å². The number of hydrogen-bond donors (Lipinski definition) is 1. The van der Waals surface area contributed by atoms with E-state index in [1.165, 1.54) is 36.3 Å². The topological polar surface area (TPSA) is 29.9 Å². The summed E-state index contributed by atoms with van der Waals surface area (Å²) in [5.41, 5.74) is 1.18. The fourth-order valence-corrected chi connectivity index (χ4v) is 4.10. The highest BCUT2D eigenvalue weighted by Gasteiger charge is 2.26. The summed E-state index contributed by atoms with van der Waals surface area (Å²) in [6.45, 7) is 1.01. The van der Waals surface area contributed by atoms with Crippen molar-refractivity contribution in [1.82, 2.24) is 15.1 Å². The third kappa shape index (κ3) is 3.30. The molecule has 1 atom stereocenters. The van der Waals surface area contributed by atoms with Crippen molar-refractivity contribution in [3.05, 3.63) is 40.3 Å². The molecule has 0 aliphatic heterocycles. The van der Waals surface area contributed by atoms with Gasteiger partial charge in [0.25, 0.3) is 0 Å². The summed E-state index contributed by atoms with van der Waals surface area (Å²) in [6, 6.07) is 7.10. The number of nitrogens with zero attached hydrogens (tertiary/aromatic N) is 2. The molecule has 0 saturated heterocycles. The van der Waals surface area contributed by atoms with Crippen LogP contribution in [-0.2, 0) is 13.5 Å². The van der Waals surface area contributed by atoms with Gasteiger partial charge in [-0.15, -0.1) is 11.3 Å². The van der Waals surface area contributed by atoms with Crippen molar-refractivity contribution in [2.75, 3.05) is 6.54 Å². The molecule has 0 spiro atoms. The van der Waals surface area contributed by atoms with Gasteiger partial charge in [0.1, 0.15) is 0 Å². The molecular weight excluding hydrogens is 266 g/mol. The van der Waals surface area contributed by atoms with E-state index in [9.17, 15) is 0 Å². The number of rotatable bonds is 6.